The molecule has 0 bridgehead atoms. The lowest BCUT2D eigenvalue weighted by Crippen LogP contribution is -2.38. The van der Waals surface area contributed by atoms with Gasteiger partial charge in [-0.3, -0.25) is 9.69 Å². The van der Waals surface area contributed by atoms with Crippen LogP contribution in [0.1, 0.15) is 13.8 Å². The number of carbonyl (C=O) groups excluding carboxylic acids is 1. The normalized spacial score (nSPS) is 11.3. The fraction of sp³-hybridized carbons (Fsp3) is 0.231. The van der Waals surface area contributed by atoms with Crippen LogP contribution >= 0.6 is 0 Å². The number of hydrogen-bond donors (Lipinski definition) is 0. The van der Waals surface area contributed by atoms with Gasteiger partial charge in [0.1, 0.15) is 6.04 Å². The van der Waals surface area contributed by atoms with Crippen LogP contribution < -0.4 is 4.90 Å². The first kappa shape index (κ1) is 12.0. The van der Waals surface area contributed by atoms with Crippen LogP contribution in [0, 0.1) is 11.3 Å². The van der Waals surface area contributed by atoms with Crippen molar-refractivity contribution in [2.45, 2.75) is 19.9 Å². The van der Waals surface area contributed by atoms with E-state index >= 15 is 0 Å². The number of para-hydroxylation sites is 1. The van der Waals surface area contributed by atoms with Gasteiger partial charge in [0.25, 0.3) is 5.91 Å². The van der Waals surface area contributed by atoms with E-state index in [1.807, 2.05) is 18.2 Å². The molecule has 0 saturated carbocycles. The smallest absolute Gasteiger partial charge is 0.254 e. The molecule has 1 rings (SSSR count). The number of benzene rings is 1. The Morgan fingerprint density at radius 3 is 2.44 bits per heavy atom. The van der Waals surface area contributed by atoms with Gasteiger partial charge in [-0.1, -0.05) is 24.8 Å². The van der Waals surface area contributed by atoms with E-state index in [-0.39, 0.29) is 5.91 Å². The lowest BCUT2D eigenvalue weighted by molar-refractivity contribution is -0.115. The van der Waals surface area contributed by atoms with Gasteiger partial charge in [-0.2, -0.15) is 5.26 Å². The predicted octanol–water partition coefficient (Wildman–Crippen LogP) is 2.51. The summed E-state index contributed by atoms with van der Waals surface area (Å²) in [4.78, 5) is 13.4. The van der Waals surface area contributed by atoms with Crippen molar-refractivity contribution in [2.24, 2.45) is 0 Å². The molecule has 0 aromatic heterocycles. The van der Waals surface area contributed by atoms with Gasteiger partial charge in [0, 0.05) is 11.3 Å². The van der Waals surface area contributed by atoms with Gasteiger partial charge in [0.05, 0.1) is 6.07 Å². The third kappa shape index (κ3) is 2.48. The van der Waals surface area contributed by atoms with E-state index < -0.39 is 6.04 Å². The van der Waals surface area contributed by atoms with Crippen LogP contribution in [-0.4, -0.2) is 11.9 Å². The van der Waals surface area contributed by atoms with Gasteiger partial charge in [-0.15, -0.1) is 0 Å². The highest BCUT2D eigenvalue weighted by Crippen LogP contribution is 2.18. The molecular weight excluding hydrogens is 200 g/mol. The van der Waals surface area contributed by atoms with Crippen LogP contribution in [0.5, 0.6) is 0 Å². The summed E-state index contributed by atoms with van der Waals surface area (Å²) in [7, 11) is 0. The maximum absolute atomic E-state index is 11.9. The molecule has 16 heavy (non-hydrogen) atoms. The van der Waals surface area contributed by atoms with Crippen LogP contribution in [-0.2, 0) is 4.79 Å². The van der Waals surface area contributed by atoms with Crippen molar-refractivity contribution in [1.82, 2.24) is 0 Å². The summed E-state index contributed by atoms with van der Waals surface area (Å²) >= 11 is 0. The van der Waals surface area contributed by atoms with Gasteiger partial charge < -0.3 is 0 Å². The topological polar surface area (TPSA) is 44.1 Å². The summed E-state index contributed by atoms with van der Waals surface area (Å²) < 4.78 is 0. The van der Waals surface area contributed by atoms with Crippen LogP contribution in [0.4, 0.5) is 5.69 Å². The fourth-order valence-corrected chi connectivity index (χ4v) is 1.37. The minimum Gasteiger partial charge on any atom is -0.292 e. The minimum absolute atomic E-state index is 0.222. The molecular formula is C13H14N2O. The summed E-state index contributed by atoms with van der Waals surface area (Å²) in [5, 5.41) is 8.92. The molecule has 0 radical (unpaired) electrons. The van der Waals surface area contributed by atoms with Crippen molar-refractivity contribution >= 4 is 11.6 Å². The third-order valence-corrected chi connectivity index (χ3v) is 2.19. The van der Waals surface area contributed by atoms with Gasteiger partial charge >= 0.3 is 0 Å². The van der Waals surface area contributed by atoms with E-state index in [9.17, 15) is 4.79 Å². The van der Waals surface area contributed by atoms with Crippen molar-refractivity contribution in [2.75, 3.05) is 4.90 Å². The fourth-order valence-electron chi connectivity index (χ4n) is 1.37. The third-order valence-electron chi connectivity index (χ3n) is 2.19. The lowest BCUT2D eigenvalue weighted by Gasteiger charge is -2.25. The number of amides is 1. The van der Waals surface area contributed by atoms with Crippen molar-refractivity contribution in [3.63, 3.8) is 0 Å². The van der Waals surface area contributed by atoms with E-state index in [0.717, 1.165) is 0 Å². The van der Waals surface area contributed by atoms with Gasteiger partial charge in [-0.05, 0) is 26.0 Å². The van der Waals surface area contributed by atoms with Crippen LogP contribution in [0.25, 0.3) is 0 Å². The molecule has 1 amide bonds. The average Bonchev–Trinajstić information content (AvgIpc) is 2.30. The summed E-state index contributed by atoms with van der Waals surface area (Å²) in [6, 6.07) is 10.7. The Hall–Kier alpha value is -2.08. The molecule has 0 N–H and O–H groups in total. The standard InChI is InChI=1S/C13H14N2O/c1-10(2)13(16)15(11(3)9-14)12-7-5-4-6-8-12/h4-8,11H,1H2,2-3H3. The van der Waals surface area contributed by atoms with Crippen molar-refractivity contribution in [3.8, 4) is 6.07 Å². The van der Waals surface area contributed by atoms with Crippen LogP contribution in [0.2, 0.25) is 0 Å². The predicted molar refractivity (Wildman–Crippen MR) is 63.8 cm³/mol. The van der Waals surface area contributed by atoms with Crippen LogP contribution in [0.3, 0.4) is 0 Å². The Morgan fingerprint density at radius 1 is 1.44 bits per heavy atom. The molecule has 1 atom stereocenters. The monoisotopic (exact) mass is 214 g/mol. The minimum atomic E-state index is -0.508. The number of rotatable bonds is 3. The molecule has 0 aliphatic rings. The number of hydrogen-bond acceptors (Lipinski definition) is 2. The van der Waals surface area contributed by atoms with E-state index in [1.54, 1.807) is 26.0 Å². The Balaban J connectivity index is 3.12. The highest BCUT2D eigenvalue weighted by molar-refractivity contribution is 6.05. The first-order chi connectivity index (χ1) is 7.57. The molecule has 1 aromatic rings. The number of nitrogens with zero attached hydrogens (tertiary/aromatic N) is 2. The quantitative estimate of drug-likeness (QED) is 0.725. The summed E-state index contributed by atoms with van der Waals surface area (Å²) in [6.07, 6.45) is 0. The average molecular weight is 214 g/mol. The maximum atomic E-state index is 11.9. The van der Waals surface area contributed by atoms with E-state index in [1.165, 1.54) is 4.90 Å². The lowest BCUT2D eigenvalue weighted by atomic mass is 10.2. The molecule has 0 fully saturated rings. The Kier molecular flexibility index (Phi) is 3.84. The first-order valence-corrected chi connectivity index (χ1v) is 5.01. The van der Waals surface area contributed by atoms with Crippen LogP contribution in [0.15, 0.2) is 42.5 Å². The van der Waals surface area contributed by atoms with Crippen molar-refractivity contribution in [3.05, 3.63) is 42.5 Å². The van der Waals surface area contributed by atoms with E-state index in [4.69, 9.17) is 5.26 Å². The number of nitriles is 1. The Labute approximate surface area is 95.6 Å². The molecule has 0 saturated heterocycles. The van der Waals surface area contributed by atoms with Gasteiger partial charge in [-0.25, -0.2) is 0 Å². The van der Waals surface area contributed by atoms with Crippen molar-refractivity contribution in [1.29, 1.82) is 5.26 Å². The Morgan fingerprint density at radius 2 is 2.00 bits per heavy atom. The molecule has 0 heterocycles. The molecule has 0 aliphatic carbocycles. The maximum Gasteiger partial charge on any atom is 0.254 e. The van der Waals surface area contributed by atoms with Gasteiger partial charge in [0.15, 0.2) is 0 Å². The molecule has 1 unspecified atom stereocenters. The zero-order chi connectivity index (χ0) is 12.1. The molecule has 0 aliphatic heterocycles. The molecule has 82 valence electrons. The van der Waals surface area contributed by atoms with Gasteiger partial charge in [0.2, 0.25) is 0 Å². The first-order valence-electron chi connectivity index (χ1n) is 5.01. The molecule has 1 aromatic carbocycles. The highest BCUT2D eigenvalue weighted by atomic mass is 16.2. The summed E-state index contributed by atoms with van der Waals surface area (Å²) in [5.74, 6) is -0.222. The molecule has 0 spiro atoms. The number of carbonyl (C=O) groups is 1. The second-order valence-electron chi connectivity index (χ2n) is 3.60. The second-order valence-corrected chi connectivity index (χ2v) is 3.60. The second kappa shape index (κ2) is 5.13. The molecule has 3 heteroatoms. The summed E-state index contributed by atoms with van der Waals surface area (Å²) in [6.45, 7) is 6.95. The van der Waals surface area contributed by atoms with E-state index in [2.05, 4.69) is 12.6 Å². The zero-order valence-electron chi connectivity index (χ0n) is 9.47. The SMILES string of the molecule is C=C(C)C(=O)N(c1ccccc1)C(C)C#N. The summed E-state index contributed by atoms with van der Waals surface area (Å²) in [5.41, 5.74) is 1.13. The number of anilines is 1. The highest BCUT2D eigenvalue weighted by Gasteiger charge is 2.21. The Bertz CT molecular complexity index is 431. The largest absolute Gasteiger partial charge is 0.292 e. The molecule has 3 nitrogen and oxygen atoms in total. The zero-order valence-corrected chi connectivity index (χ0v) is 9.47. The van der Waals surface area contributed by atoms with E-state index in [0.29, 0.717) is 11.3 Å². The van der Waals surface area contributed by atoms with Crippen molar-refractivity contribution < 1.29 is 4.79 Å².